The van der Waals surface area contributed by atoms with Crippen molar-refractivity contribution in [1.29, 1.82) is 0 Å². The van der Waals surface area contributed by atoms with Gasteiger partial charge in [-0.25, -0.2) is 18.8 Å². The number of alkyl halides is 1. The SMILES string of the molecule is B[C@H]1O[C@H](COC(=O)c2ccccc2)[C@@H](F)[C@H](OC(=O)c2ccccc2)[C@H]1OC(=O)c1ccccc1. The molecular formula is C27H24BFO7. The molecule has 36 heavy (non-hydrogen) atoms. The first-order valence-electron chi connectivity index (χ1n) is 11.5. The second-order valence-electron chi connectivity index (χ2n) is 8.26. The van der Waals surface area contributed by atoms with Crippen LogP contribution in [-0.4, -0.2) is 62.8 Å². The van der Waals surface area contributed by atoms with E-state index in [0.717, 1.165) is 0 Å². The third-order valence-corrected chi connectivity index (χ3v) is 5.74. The van der Waals surface area contributed by atoms with Crippen LogP contribution in [0.25, 0.3) is 0 Å². The molecule has 0 spiro atoms. The molecule has 0 amide bonds. The summed E-state index contributed by atoms with van der Waals surface area (Å²) in [5.74, 6) is -2.13. The van der Waals surface area contributed by atoms with E-state index < -0.39 is 55.0 Å². The topological polar surface area (TPSA) is 88.1 Å². The van der Waals surface area contributed by atoms with Crippen molar-refractivity contribution in [2.75, 3.05) is 6.61 Å². The van der Waals surface area contributed by atoms with Crippen molar-refractivity contribution in [3.63, 3.8) is 0 Å². The maximum absolute atomic E-state index is 15.7. The molecule has 0 aromatic heterocycles. The van der Waals surface area contributed by atoms with Crippen LogP contribution in [0.3, 0.4) is 0 Å². The Labute approximate surface area is 208 Å². The molecule has 1 aliphatic rings. The van der Waals surface area contributed by atoms with E-state index in [9.17, 15) is 14.4 Å². The Morgan fingerprint density at radius 3 is 1.58 bits per heavy atom. The summed E-state index contributed by atoms with van der Waals surface area (Å²) in [6.07, 6.45) is -5.91. The van der Waals surface area contributed by atoms with Gasteiger partial charge in [-0.3, -0.25) is 0 Å². The minimum atomic E-state index is -1.94. The average Bonchev–Trinajstić information content (AvgIpc) is 2.92. The fourth-order valence-electron chi connectivity index (χ4n) is 3.86. The molecule has 3 aromatic rings. The zero-order valence-corrected chi connectivity index (χ0v) is 19.5. The number of carbonyl (C=O) groups excluding carboxylic acids is 3. The predicted octanol–water partition coefficient (Wildman–Crippen LogP) is 2.99. The van der Waals surface area contributed by atoms with E-state index in [2.05, 4.69) is 0 Å². The highest BCUT2D eigenvalue weighted by Crippen LogP contribution is 2.29. The van der Waals surface area contributed by atoms with Crippen LogP contribution >= 0.6 is 0 Å². The lowest BCUT2D eigenvalue weighted by Crippen LogP contribution is -2.60. The monoisotopic (exact) mass is 490 g/mol. The van der Waals surface area contributed by atoms with Crippen LogP contribution in [0.15, 0.2) is 91.0 Å². The van der Waals surface area contributed by atoms with Crippen molar-refractivity contribution in [2.24, 2.45) is 0 Å². The number of hydrogen-bond donors (Lipinski definition) is 0. The van der Waals surface area contributed by atoms with Crippen LogP contribution in [0.5, 0.6) is 0 Å². The number of rotatable bonds is 7. The summed E-state index contributed by atoms with van der Waals surface area (Å²) >= 11 is 0. The highest BCUT2D eigenvalue weighted by atomic mass is 19.1. The van der Waals surface area contributed by atoms with Gasteiger partial charge in [0.2, 0.25) is 0 Å². The summed E-state index contributed by atoms with van der Waals surface area (Å²) in [5.41, 5.74) is 0.773. The van der Waals surface area contributed by atoms with Crippen LogP contribution in [0.4, 0.5) is 4.39 Å². The molecule has 0 bridgehead atoms. The summed E-state index contributed by atoms with van der Waals surface area (Å²) in [7, 11) is 1.57. The summed E-state index contributed by atoms with van der Waals surface area (Å²) < 4.78 is 37.8. The smallest absolute Gasteiger partial charge is 0.338 e. The van der Waals surface area contributed by atoms with E-state index >= 15 is 4.39 Å². The van der Waals surface area contributed by atoms with Crippen LogP contribution < -0.4 is 0 Å². The van der Waals surface area contributed by atoms with Crippen LogP contribution in [0.1, 0.15) is 31.1 Å². The fraction of sp³-hybridized carbons (Fsp3) is 0.222. The Morgan fingerprint density at radius 2 is 1.11 bits per heavy atom. The van der Waals surface area contributed by atoms with Gasteiger partial charge in [0, 0.05) is 0 Å². The van der Waals surface area contributed by atoms with E-state index in [1.807, 2.05) is 0 Å². The van der Waals surface area contributed by atoms with Crippen molar-refractivity contribution >= 4 is 25.8 Å². The van der Waals surface area contributed by atoms with Crippen molar-refractivity contribution in [3.8, 4) is 0 Å². The first-order valence-corrected chi connectivity index (χ1v) is 11.5. The molecule has 1 aliphatic heterocycles. The molecule has 5 atom stereocenters. The van der Waals surface area contributed by atoms with Gasteiger partial charge in [0.15, 0.2) is 18.4 Å². The zero-order valence-electron chi connectivity index (χ0n) is 19.5. The molecular weight excluding hydrogens is 466 g/mol. The summed E-state index contributed by atoms with van der Waals surface area (Å²) in [6, 6.07) is 23.7. The lowest BCUT2D eigenvalue weighted by atomic mass is 9.84. The average molecular weight is 490 g/mol. The van der Waals surface area contributed by atoms with Crippen molar-refractivity contribution in [1.82, 2.24) is 0 Å². The van der Waals surface area contributed by atoms with E-state index in [4.69, 9.17) is 18.9 Å². The minimum absolute atomic E-state index is 0.212. The third-order valence-electron chi connectivity index (χ3n) is 5.74. The molecule has 4 rings (SSSR count). The van der Waals surface area contributed by atoms with E-state index in [1.54, 1.807) is 86.7 Å². The molecule has 0 radical (unpaired) electrons. The first-order chi connectivity index (χ1) is 17.4. The molecule has 184 valence electrons. The number of carbonyl (C=O) groups is 3. The third kappa shape index (κ3) is 5.98. The zero-order chi connectivity index (χ0) is 25.5. The maximum Gasteiger partial charge on any atom is 0.338 e. The van der Waals surface area contributed by atoms with E-state index in [-0.39, 0.29) is 11.1 Å². The van der Waals surface area contributed by atoms with Gasteiger partial charge in [0.25, 0.3) is 0 Å². The fourth-order valence-corrected chi connectivity index (χ4v) is 3.86. The Morgan fingerprint density at radius 1 is 0.694 bits per heavy atom. The Hall–Kier alpha value is -3.98. The molecule has 9 heteroatoms. The molecule has 3 aromatic carbocycles. The lowest BCUT2D eigenvalue weighted by molar-refractivity contribution is -0.190. The molecule has 0 unspecified atom stereocenters. The van der Waals surface area contributed by atoms with Gasteiger partial charge < -0.3 is 18.9 Å². The normalized spacial score (nSPS) is 23.3. The largest absolute Gasteiger partial charge is 0.459 e. The van der Waals surface area contributed by atoms with E-state index in [0.29, 0.717) is 5.56 Å². The quantitative estimate of drug-likeness (QED) is 0.286. The van der Waals surface area contributed by atoms with Crippen LogP contribution in [0, 0.1) is 0 Å². The van der Waals surface area contributed by atoms with Crippen LogP contribution in [-0.2, 0) is 18.9 Å². The molecule has 7 nitrogen and oxygen atoms in total. The highest BCUT2D eigenvalue weighted by molar-refractivity contribution is 6.11. The Kier molecular flexibility index (Phi) is 8.12. The lowest BCUT2D eigenvalue weighted by Gasteiger charge is -2.41. The number of benzene rings is 3. The standard InChI is InChI=1S/C27H24BFO7/c28-24-23(36-27(32)19-14-8-3-9-15-19)22(35-26(31)18-12-6-2-7-13-18)21(29)20(34-24)16-33-25(30)17-10-4-1-5-11-17/h1-15,20-24H,16,28H2/t20-,21-,22+,23-,24+/m1/s1. The first kappa shape index (κ1) is 25.1. The van der Waals surface area contributed by atoms with Crippen LogP contribution in [0.2, 0.25) is 0 Å². The second-order valence-corrected chi connectivity index (χ2v) is 8.26. The summed E-state index contributed by atoms with van der Waals surface area (Å²) in [6.45, 7) is -0.419. The van der Waals surface area contributed by atoms with E-state index in [1.165, 1.54) is 12.1 Å². The van der Waals surface area contributed by atoms with Gasteiger partial charge >= 0.3 is 17.9 Å². The molecule has 1 saturated heterocycles. The molecule has 0 N–H and O–H groups in total. The van der Waals surface area contributed by atoms with Gasteiger partial charge in [0.05, 0.1) is 22.7 Å². The predicted molar refractivity (Wildman–Crippen MR) is 130 cm³/mol. The molecule has 0 aliphatic carbocycles. The van der Waals surface area contributed by atoms with Gasteiger partial charge in [0.1, 0.15) is 20.6 Å². The number of esters is 3. The second kappa shape index (κ2) is 11.6. The van der Waals surface area contributed by atoms with Crippen molar-refractivity contribution in [2.45, 2.75) is 30.5 Å². The van der Waals surface area contributed by atoms with Gasteiger partial charge in [-0.05, 0) is 36.4 Å². The van der Waals surface area contributed by atoms with Gasteiger partial charge in [-0.1, -0.05) is 54.6 Å². The molecule has 1 fully saturated rings. The summed E-state index contributed by atoms with van der Waals surface area (Å²) in [5, 5.41) is 0. The Balaban J connectivity index is 1.52. The molecule has 0 saturated carbocycles. The van der Waals surface area contributed by atoms with Gasteiger partial charge in [-0.2, -0.15) is 0 Å². The molecule has 1 heterocycles. The summed E-state index contributed by atoms with van der Waals surface area (Å²) in [4.78, 5) is 37.8. The van der Waals surface area contributed by atoms with Gasteiger partial charge in [-0.15, -0.1) is 0 Å². The minimum Gasteiger partial charge on any atom is -0.459 e. The van der Waals surface area contributed by atoms with Crippen molar-refractivity contribution < 1.29 is 37.7 Å². The number of hydrogen-bond acceptors (Lipinski definition) is 7. The Bertz CT molecular complexity index is 1180. The highest BCUT2D eigenvalue weighted by Gasteiger charge is 2.49. The number of halogens is 1. The number of ether oxygens (including phenoxy) is 4. The maximum atomic E-state index is 15.7. The van der Waals surface area contributed by atoms with Crippen molar-refractivity contribution in [3.05, 3.63) is 108 Å².